The van der Waals surface area contributed by atoms with Crippen molar-refractivity contribution in [2.45, 2.75) is 0 Å². The summed E-state index contributed by atoms with van der Waals surface area (Å²) in [7, 11) is 0. The Morgan fingerprint density at radius 2 is 0.865 bits per heavy atom. The molecule has 0 spiro atoms. The molecule has 0 bridgehead atoms. The van der Waals surface area contributed by atoms with Gasteiger partial charge in [-0.15, -0.1) is 0 Å². The zero-order valence-corrected chi connectivity index (χ0v) is 27.9. The number of hydrogen-bond acceptors (Lipinski definition) is 2. The average molecular weight is 665 g/mol. The minimum absolute atomic E-state index is 0.900. The molecule has 0 saturated heterocycles. The molecule has 0 unspecified atom stereocenters. The van der Waals surface area contributed by atoms with Gasteiger partial charge in [-0.3, -0.25) is 0 Å². The molecule has 4 heterocycles. The molecule has 0 aliphatic rings. The quantitative estimate of drug-likeness (QED) is 0.188. The Morgan fingerprint density at radius 1 is 0.308 bits per heavy atom. The van der Waals surface area contributed by atoms with Gasteiger partial charge in [-0.1, -0.05) is 91.0 Å². The summed E-state index contributed by atoms with van der Waals surface area (Å²) < 4.78 is 17.7. The molecular weight excluding hydrogens is 637 g/mol. The third-order valence-corrected chi connectivity index (χ3v) is 10.9. The summed E-state index contributed by atoms with van der Waals surface area (Å²) in [4.78, 5) is 0. The molecule has 52 heavy (non-hydrogen) atoms. The van der Waals surface area contributed by atoms with Crippen LogP contribution in [0.15, 0.2) is 179 Å². The lowest BCUT2D eigenvalue weighted by Gasteiger charge is -2.10. The molecular formula is C48H28N2O2. The highest BCUT2D eigenvalue weighted by Gasteiger charge is 2.21. The summed E-state index contributed by atoms with van der Waals surface area (Å²) >= 11 is 0. The molecule has 0 fully saturated rings. The molecule has 0 saturated carbocycles. The highest BCUT2D eigenvalue weighted by Crippen LogP contribution is 2.43. The van der Waals surface area contributed by atoms with Gasteiger partial charge in [0.15, 0.2) is 0 Å². The fraction of sp³-hybridized carbons (Fsp3) is 0. The number of benzene rings is 8. The standard InChI is InChI=1S/C48H28N2O2/c1-3-11-31(12-4-1)49-40-23-20-29(25-37(40)38-28-46-39(27-43(38)49)34-16-8-9-17-44(34)51-46)30-19-21-36-42(26-30)50(32-13-5-2-6-14-32)41-24-22-35-33-15-7-10-18-45(33)52-48(35)47(36)41/h1-28H. The largest absolute Gasteiger partial charge is 0.456 e. The van der Waals surface area contributed by atoms with Gasteiger partial charge in [0.1, 0.15) is 22.3 Å². The summed E-state index contributed by atoms with van der Waals surface area (Å²) in [6, 6.07) is 60.6. The summed E-state index contributed by atoms with van der Waals surface area (Å²) in [6.07, 6.45) is 0. The molecule has 4 heteroatoms. The molecule has 0 amide bonds. The highest BCUT2D eigenvalue weighted by atomic mass is 16.3. The van der Waals surface area contributed by atoms with Crippen LogP contribution >= 0.6 is 0 Å². The maximum atomic E-state index is 6.59. The van der Waals surface area contributed by atoms with Gasteiger partial charge in [0, 0.05) is 49.1 Å². The zero-order chi connectivity index (χ0) is 33.9. The molecule has 242 valence electrons. The maximum absolute atomic E-state index is 6.59. The van der Waals surface area contributed by atoms with Crippen molar-refractivity contribution in [2.24, 2.45) is 0 Å². The highest BCUT2D eigenvalue weighted by molar-refractivity contribution is 6.24. The molecule has 0 N–H and O–H groups in total. The number of furan rings is 2. The number of rotatable bonds is 3. The molecule has 4 aromatic heterocycles. The number of aromatic nitrogens is 2. The van der Waals surface area contributed by atoms with Crippen molar-refractivity contribution >= 4 is 87.5 Å². The second-order valence-electron chi connectivity index (χ2n) is 13.7. The zero-order valence-electron chi connectivity index (χ0n) is 27.9. The first kappa shape index (κ1) is 27.7. The van der Waals surface area contributed by atoms with E-state index in [-0.39, 0.29) is 0 Å². The first-order chi connectivity index (χ1) is 25.8. The van der Waals surface area contributed by atoms with Crippen LogP contribution in [0.2, 0.25) is 0 Å². The van der Waals surface area contributed by atoms with Gasteiger partial charge in [-0.05, 0) is 90.0 Å². The van der Waals surface area contributed by atoms with Crippen molar-refractivity contribution in [1.82, 2.24) is 9.13 Å². The fourth-order valence-electron chi connectivity index (χ4n) is 8.59. The third kappa shape index (κ3) is 3.75. The van der Waals surface area contributed by atoms with Gasteiger partial charge in [0.25, 0.3) is 0 Å². The van der Waals surface area contributed by atoms with E-state index in [0.717, 1.165) is 93.8 Å². The topological polar surface area (TPSA) is 36.1 Å². The van der Waals surface area contributed by atoms with Crippen LogP contribution in [0.1, 0.15) is 0 Å². The van der Waals surface area contributed by atoms with E-state index >= 15 is 0 Å². The molecule has 0 radical (unpaired) electrons. The fourth-order valence-corrected chi connectivity index (χ4v) is 8.59. The number of fused-ring (bicyclic) bond motifs is 13. The molecule has 8 aromatic carbocycles. The lowest BCUT2D eigenvalue weighted by molar-refractivity contribution is 0.669. The second kappa shape index (κ2) is 10.3. The predicted molar refractivity (Wildman–Crippen MR) is 215 cm³/mol. The van der Waals surface area contributed by atoms with E-state index in [1.54, 1.807) is 0 Å². The van der Waals surface area contributed by atoms with Crippen LogP contribution in [0.25, 0.3) is 110 Å². The Kier molecular flexibility index (Phi) is 5.47. The first-order valence-electron chi connectivity index (χ1n) is 17.7. The van der Waals surface area contributed by atoms with Gasteiger partial charge in [-0.25, -0.2) is 0 Å². The van der Waals surface area contributed by atoms with Crippen LogP contribution < -0.4 is 0 Å². The van der Waals surface area contributed by atoms with E-state index < -0.39 is 0 Å². The van der Waals surface area contributed by atoms with Crippen molar-refractivity contribution in [3.8, 4) is 22.5 Å². The number of para-hydroxylation sites is 4. The van der Waals surface area contributed by atoms with E-state index in [0.29, 0.717) is 0 Å². The van der Waals surface area contributed by atoms with Crippen LogP contribution in [-0.4, -0.2) is 9.13 Å². The van der Waals surface area contributed by atoms with Gasteiger partial charge in [0.05, 0.1) is 27.5 Å². The van der Waals surface area contributed by atoms with Crippen LogP contribution in [0, 0.1) is 0 Å². The summed E-state index contributed by atoms with van der Waals surface area (Å²) in [6.45, 7) is 0. The normalized spacial score (nSPS) is 12.2. The Bertz CT molecular complexity index is 3400. The van der Waals surface area contributed by atoms with Crippen LogP contribution in [-0.2, 0) is 0 Å². The smallest absolute Gasteiger partial charge is 0.145 e. The van der Waals surface area contributed by atoms with E-state index in [4.69, 9.17) is 8.83 Å². The van der Waals surface area contributed by atoms with E-state index in [1.165, 1.54) is 16.2 Å². The predicted octanol–water partition coefficient (Wildman–Crippen LogP) is 13.3. The minimum atomic E-state index is 0.900. The van der Waals surface area contributed by atoms with Crippen LogP contribution in [0.4, 0.5) is 0 Å². The van der Waals surface area contributed by atoms with Crippen molar-refractivity contribution in [3.63, 3.8) is 0 Å². The summed E-state index contributed by atoms with van der Waals surface area (Å²) in [5.41, 5.74) is 12.8. The Hall–Kier alpha value is -7.04. The lowest BCUT2D eigenvalue weighted by atomic mass is 10.0. The Labute approximate surface area is 296 Å². The molecule has 0 atom stereocenters. The third-order valence-electron chi connectivity index (χ3n) is 10.9. The first-order valence-corrected chi connectivity index (χ1v) is 17.7. The van der Waals surface area contributed by atoms with E-state index in [2.05, 4.69) is 161 Å². The Morgan fingerprint density at radius 3 is 1.63 bits per heavy atom. The van der Waals surface area contributed by atoms with Gasteiger partial charge >= 0.3 is 0 Å². The minimum Gasteiger partial charge on any atom is -0.456 e. The molecule has 12 aromatic rings. The SMILES string of the molecule is c1ccc(-n2c3ccc(-c4ccc5c6c7oc8ccccc8c7ccc6n(-c6ccccc6)c5c4)cc3c3cc4oc5ccccc5c4cc32)cc1. The summed E-state index contributed by atoms with van der Waals surface area (Å²) in [5.74, 6) is 0. The van der Waals surface area contributed by atoms with Crippen molar-refractivity contribution in [1.29, 1.82) is 0 Å². The molecule has 4 nitrogen and oxygen atoms in total. The molecule has 0 aliphatic heterocycles. The van der Waals surface area contributed by atoms with Crippen molar-refractivity contribution < 1.29 is 8.83 Å². The molecule has 12 rings (SSSR count). The van der Waals surface area contributed by atoms with Crippen LogP contribution in [0.5, 0.6) is 0 Å². The van der Waals surface area contributed by atoms with Crippen molar-refractivity contribution in [2.75, 3.05) is 0 Å². The average Bonchev–Trinajstić information content (AvgIpc) is 3.94. The van der Waals surface area contributed by atoms with Crippen LogP contribution in [0.3, 0.4) is 0 Å². The monoisotopic (exact) mass is 664 g/mol. The summed E-state index contributed by atoms with van der Waals surface area (Å²) in [5, 5.41) is 9.19. The number of nitrogens with zero attached hydrogens (tertiary/aromatic N) is 2. The van der Waals surface area contributed by atoms with Gasteiger partial charge in [0.2, 0.25) is 0 Å². The van der Waals surface area contributed by atoms with E-state index in [9.17, 15) is 0 Å². The number of hydrogen-bond donors (Lipinski definition) is 0. The Balaban J connectivity index is 1.14. The molecule has 0 aliphatic carbocycles. The lowest BCUT2D eigenvalue weighted by Crippen LogP contribution is -1.93. The van der Waals surface area contributed by atoms with E-state index in [1.807, 2.05) is 18.2 Å². The van der Waals surface area contributed by atoms with Gasteiger partial charge in [-0.2, -0.15) is 0 Å². The van der Waals surface area contributed by atoms with Gasteiger partial charge < -0.3 is 18.0 Å². The second-order valence-corrected chi connectivity index (χ2v) is 13.7. The van der Waals surface area contributed by atoms with Crippen molar-refractivity contribution in [3.05, 3.63) is 170 Å². The maximum Gasteiger partial charge on any atom is 0.145 e.